The molecule has 17 heavy (non-hydrogen) atoms. The lowest BCUT2D eigenvalue weighted by Crippen LogP contribution is -2.30. The van der Waals surface area contributed by atoms with Gasteiger partial charge in [-0.1, -0.05) is 22.0 Å². The van der Waals surface area contributed by atoms with Crippen LogP contribution in [0.25, 0.3) is 0 Å². The first-order chi connectivity index (χ1) is 7.95. The standard InChI is InChI=1S/C13H18BrNO2/c1-8-5-6-11(7-12(8)14)15-10(3)9(2)13(16)17-4/h5-7,9-10,15H,1-4H3. The predicted molar refractivity (Wildman–Crippen MR) is 73.1 cm³/mol. The van der Waals surface area contributed by atoms with Crippen LogP contribution in [0.4, 0.5) is 5.69 Å². The van der Waals surface area contributed by atoms with Gasteiger partial charge in [-0.15, -0.1) is 0 Å². The van der Waals surface area contributed by atoms with Gasteiger partial charge in [0.25, 0.3) is 0 Å². The molecular formula is C13H18BrNO2. The minimum Gasteiger partial charge on any atom is -0.469 e. The zero-order chi connectivity index (χ0) is 13.0. The molecule has 1 aromatic carbocycles. The highest BCUT2D eigenvalue weighted by atomic mass is 79.9. The topological polar surface area (TPSA) is 38.3 Å². The second-order valence-corrected chi connectivity index (χ2v) is 5.06. The van der Waals surface area contributed by atoms with Crippen molar-refractivity contribution in [3.8, 4) is 0 Å². The van der Waals surface area contributed by atoms with Crippen molar-refractivity contribution in [2.24, 2.45) is 5.92 Å². The number of hydrogen-bond acceptors (Lipinski definition) is 3. The minimum absolute atomic E-state index is 0.0251. The van der Waals surface area contributed by atoms with Gasteiger partial charge in [0.2, 0.25) is 0 Å². The fourth-order valence-electron chi connectivity index (χ4n) is 1.46. The average molecular weight is 300 g/mol. The molecule has 0 spiro atoms. The third-order valence-electron chi connectivity index (χ3n) is 2.89. The molecule has 0 bridgehead atoms. The number of halogens is 1. The summed E-state index contributed by atoms with van der Waals surface area (Å²) in [6.07, 6.45) is 0. The number of carbonyl (C=O) groups is 1. The summed E-state index contributed by atoms with van der Waals surface area (Å²) in [5, 5.41) is 3.29. The Kier molecular flexibility index (Phi) is 5.00. The summed E-state index contributed by atoms with van der Waals surface area (Å²) >= 11 is 3.48. The van der Waals surface area contributed by atoms with Crippen LogP contribution in [0.1, 0.15) is 19.4 Å². The smallest absolute Gasteiger partial charge is 0.310 e. The fourth-order valence-corrected chi connectivity index (χ4v) is 1.84. The van der Waals surface area contributed by atoms with Crippen LogP contribution >= 0.6 is 15.9 Å². The van der Waals surface area contributed by atoms with Crippen molar-refractivity contribution >= 4 is 27.6 Å². The lowest BCUT2D eigenvalue weighted by molar-refractivity contribution is -0.145. The van der Waals surface area contributed by atoms with Crippen LogP contribution in [0.15, 0.2) is 22.7 Å². The number of carbonyl (C=O) groups excluding carboxylic acids is 1. The maximum atomic E-state index is 11.4. The Labute approximate surface area is 111 Å². The van der Waals surface area contributed by atoms with Crippen molar-refractivity contribution < 1.29 is 9.53 Å². The molecule has 0 saturated heterocycles. The molecule has 0 radical (unpaired) electrons. The second-order valence-electron chi connectivity index (χ2n) is 4.21. The number of esters is 1. The number of hydrogen-bond donors (Lipinski definition) is 1. The van der Waals surface area contributed by atoms with Crippen LogP contribution in [0, 0.1) is 12.8 Å². The van der Waals surface area contributed by atoms with Gasteiger partial charge in [-0.3, -0.25) is 4.79 Å². The van der Waals surface area contributed by atoms with Crippen LogP contribution in [0.2, 0.25) is 0 Å². The molecule has 0 aliphatic carbocycles. The largest absolute Gasteiger partial charge is 0.469 e. The molecule has 0 fully saturated rings. The van der Waals surface area contributed by atoms with Gasteiger partial charge in [-0.25, -0.2) is 0 Å². The number of anilines is 1. The average Bonchev–Trinajstić information content (AvgIpc) is 2.31. The molecule has 2 unspecified atom stereocenters. The fraction of sp³-hybridized carbons (Fsp3) is 0.462. The van der Waals surface area contributed by atoms with Crippen molar-refractivity contribution in [2.45, 2.75) is 26.8 Å². The Morgan fingerprint density at radius 2 is 2.06 bits per heavy atom. The Balaban J connectivity index is 2.70. The second kappa shape index (κ2) is 6.05. The van der Waals surface area contributed by atoms with Crippen molar-refractivity contribution in [1.82, 2.24) is 0 Å². The predicted octanol–water partition coefficient (Wildman–Crippen LogP) is 3.37. The van der Waals surface area contributed by atoms with Crippen molar-refractivity contribution in [3.05, 3.63) is 28.2 Å². The van der Waals surface area contributed by atoms with E-state index < -0.39 is 0 Å². The lowest BCUT2D eigenvalue weighted by Gasteiger charge is -2.20. The SMILES string of the molecule is COC(=O)C(C)C(C)Nc1ccc(C)c(Br)c1. The first-order valence-electron chi connectivity index (χ1n) is 5.56. The third kappa shape index (κ3) is 3.73. The summed E-state index contributed by atoms with van der Waals surface area (Å²) < 4.78 is 5.78. The Morgan fingerprint density at radius 3 is 2.59 bits per heavy atom. The van der Waals surface area contributed by atoms with E-state index in [2.05, 4.69) is 21.2 Å². The third-order valence-corrected chi connectivity index (χ3v) is 3.74. The molecule has 94 valence electrons. The molecule has 3 nitrogen and oxygen atoms in total. The molecule has 1 aromatic rings. The molecule has 0 heterocycles. The number of aryl methyl sites for hydroxylation is 1. The Hall–Kier alpha value is -1.03. The highest BCUT2D eigenvalue weighted by Gasteiger charge is 2.20. The van der Waals surface area contributed by atoms with Gasteiger partial charge in [-0.2, -0.15) is 0 Å². The van der Waals surface area contributed by atoms with E-state index in [1.807, 2.05) is 39.0 Å². The first kappa shape index (κ1) is 14.0. The number of ether oxygens (including phenoxy) is 1. The molecule has 0 aliphatic rings. The lowest BCUT2D eigenvalue weighted by atomic mass is 10.0. The number of nitrogens with one attached hydrogen (secondary N) is 1. The summed E-state index contributed by atoms with van der Waals surface area (Å²) in [5.74, 6) is -0.378. The highest BCUT2D eigenvalue weighted by Crippen LogP contribution is 2.22. The van der Waals surface area contributed by atoms with Crippen LogP contribution in [0.3, 0.4) is 0 Å². The number of methoxy groups -OCH3 is 1. The summed E-state index contributed by atoms with van der Waals surface area (Å²) in [5.41, 5.74) is 2.18. The number of benzene rings is 1. The maximum Gasteiger partial charge on any atom is 0.310 e. The van der Waals surface area contributed by atoms with Gasteiger partial charge in [0.15, 0.2) is 0 Å². The van der Waals surface area contributed by atoms with Gasteiger partial charge in [0.05, 0.1) is 13.0 Å². The van der Waals surface area contributed by atoms with Gasteiger partial charge < -0.3 is 10.1 Å². The van der Waals surface area contributed by atoms with E-state index in [9.17, 15) is 4.79 Å². The van der Waals surface area contributed by atoms with Crippen LogP contribution in [-0.4, -0.2) is 19.1 Å². The van der Waals surface area contributed by atoms with E-state index in [1.54, 1.807) is 0 Å². The zero-order valence-corrected chi connectivity index (χ0v) is 12.2. The molecule has 1 rings (SSSR count). The van der Waals surface area contributed by atoms with E-state index >= 15 is 0 Å². The van der Waals surface area contributed by atoms with Crippen LogP contribution in [-0.2, 0) is 9.53 Å². The van der Waals surface area contributed by atoms with Crippen LogP contribution < -0.4 is 5.32 Å². The van der Waals surface area contributed by atoms with Crippen LogP contribution in [0.5, 0.6) is 0 Å². The van der Waals surface area contributed by atoms with E-state index in [-0.39, 0.29) is 17.9 Å². The molecule has 0 amide bonds. The molecule has 0 aliphatic heterocycles. The maximum absolute atomic E-state index is 11.4. The van der Waals surface area contributed by atoms with Gasteiger partial charge in [-0.05, 0) is 38.5 Å². The zero-order valence-electron chi connectivity index (χ0n) is 10.6. The van der Waals surface area contributed by atoms with E-state index in [1.165, 1.54) is 12.7 Å². The molecule has 0 saturated carbocycles. The molecular weight excluding hydrogens is 282 g/mol. The Morgan fingerprint density at radius 1 is 1.41 bits per heavy atom. The molecule has 1 N–H and O–H groups in total. The molecule has 4 heteroatoms. The summed E-state index contributed by atoms with van der Waals surface area (Å²) in [6, 6.07) is 6.07. The van der Waals surface area contributed by atoms with Crippen molar-refractivity contribution in [2.75, 3.05) is 12.4 Å². The van der Waals surface area contributed by atoms with Crippen molar-refractivity contribution in [3.63, 3.8) is 0 Å². The molecule has 2 atom stereocenters. The van der Waals surface area contributed by atoms with Gasteiger partial charge in [0, 0.05) is 16.2 Å². The highest BCUT2D eigenvalue weighted by molar-refractivity contribution is 9.10. The van der Waals surface area contributed by atoms with E-state index in [0.29, 0.717) is 0 Å². The monoisotopic (exact) mass is 299 g/mol. The molecule has 0 aromatic heterocycles. The van der Waals surface area contributed by atoms with Crippen molar-refractivity contribution in [1.29, 1.82) is 0 Å². The first-order valence-corrected chi connectivity index (χ1v) is 6.35. The summed E-state index contributed by atoms with van der Waals surface area (Å²) in [4.78, 5) is 11.4. The quantitative estimate of drug-likeness (QED) is 0.866. The van der Waals surface area contributed by atoms with Gasteiger partial charge >= 0.3 is 5.97 Å². The van der Waals surface area contributed by atoms with E-state index in [4.69, 9.17) is 4.74 Å². The van der Waals surface area contributed by atoms with Gasteiger partial charge in [0.1, 0.15) is 0 Å². The number of rotatable bonds is 4. The minimum atomic E-state index is -0.198. The summed E-state index contributed by atoms with van der Waals surface area (Å²) in [7, 11) is 1.41. The normalized spacial score (nSPS) is 13.9. The summed E-state index contributed by atoms with van der Waals surface area (Å²) in [6.45, 7) is 5.86. The van der Waals surface area contributed by atoms with E-state index in [0.717, 1.165) is 10.2 Å². The Bertz CT molecular complexity index is 406.